The third kappa shape index (κ3) is 7.15. The van der Waals surface area contributed by atoms with Crippen LogP contribution in [-0.4, -0.2) is 50.7 Å². The number of hydrogen-bond donors (Lipinski definition) is 3. The van der Waals surface area contributed by atoms with E-state index in [0.717, 1.165) is 43.5 Å². The molecule has 146 valence electrons. The van der Waals surface area contributed by atoms with Gasteiger partial charge in [0.15, 0.2) is 6.54 Å². The summed E-state index contributed by atoms with van der Waals surface area (Å²) in [5.74, 6) is -0.636. The van der Waals surface area contributed by atoms with E-state index in [-0.39, 0.29) is 24.3 Å². The lowest BCUT2D eigenvalue weighted by Crippen LogP contribution is -3.14. The zero-order valence-electron chi connectivity index (χ0n) is 15.8. The average Bonchev–Trinajstić information content (AvgIpc) is 2.63. The van der Waals surface area contributed by atoms with Crippen molar-refractivity contribution >= 4 is 17.9 Å². The average molecular weight is 366 g/mol. The molecule has 1 heterocycles. The van der Waals surface area contributed by atoms with Gasteiger partial charge in [0, 0.05) is 6.54 Å². The van der Waals surface area contributed by atoms with E-state index in [2.05, 4.69) is 16.7 Å². The minimum absolute atomic E-state index is 0.149. The van der Waals surface area contributed by atoms with Crippen molar-refractivity contribution < 1.29 is 24.0 Å². The number of piperidine rings is 1. The molecule has 1 aliphatic carbocycles. The minimum Gasteiger partial charge on any atom is -0.466 e. The number of amides is 3. The summed E-state index contributed by atoms with van der Waals surface area (Å²) in [7, 11) is 0. The second kappa shape index (κ2) is 11.0. The first-order valence-corrected chi connectivity index (χ1v) is 9.84. The number of esters is 1. The van der Waals surface area contributed by atoms with Crippen LogP contribution in [0.3, 0.4) is 0 Å². The highest BCUT2D eigenvalue weighted by Gasteiger charge is 2.30. The molecule has 7 nitrogen and oxygen atoms in total. The molecule has 0 aromatic rings. The first-order chi connectivity index (χ1) is 12.6. The van der Waals surface area contributed by atoms with Crippen LogP contribution in [0.2, 0.25) is 0 Å². The summed E-state index contributed by atoms with van der Waals surface area (Å²) in [4.78, 5) is 36.8. The molecule has 2 atom stereocenters. The molecular weight excluding hydrogens is 334 g/mol. The molecule has 0 spiro atoms. The molecular formula is C19H32N3O4+. The van der Waals surface area contributed by atoms with Crippen LogP contribution < -0.4 is 15.5 Å². The third-order valence-corrected chi connectivity index (χ3v) is 5.02. The zero-order chi connectivity index (χ0) is 18.8. The molecule has 3 amide bonds. The fourth-order valence-electron chi connectivity index (χ4n) is 3.68. The summed E-state index contributed by atoms with van der Waals surface area (Å²) in [6.45, 7) is 4.34. The van der Waals surface area contributed by atoms with E-state index < -0.39 is 6.03 Å². The third-order valence-electron chi connectivity index (χ3n) is 5.02. The Morgan fingerprint density at radius 3 is 2.85 bits per heavy atom. The van der Waals surface area contributed by atoms with E-state index in [1.807, 2.05) is 0 Å². The summed E-state index contributed by atoms with van der Waals surface area (Å²) < 4.78 is 5.07. The van der Waals surface area contributed by atoms with Gasteiger partial charge in [-0.05, 0) is 51.9 Å². The smallest absolute Gasteiger partial charge is 0.321 e. The van der Waals surface area contributed by atoms with Crippen molar-refractivity contribution in [2.75, 3.05) is 32.8 Å². The molecule has 0 aromatic carbocycles. The Kier molecular flexibility index (Phi) is 8.61. The molecule has 0 bridgehead atoms. The highest BCUT2D eigenvalue weighted by atomic mass is 16.5. The van der Waals surface area contributed by atoms with Crippen LogP contribution >= 0.6 is 0 Å². The Balaban J connectivity index is 1.64. The van der Waals surface area contributed by atoms with Crippen LogP contribution in [0, 0.1) is 5.92 Å². The number of quaternary nitrogens is 1. The quantitative estimate of drug-likeness (QED) is 0.454. The molecule has 1 fully saturated rings. The number of nitrogens with one attached hydrogen (secondary N) is 3. The molecule has 0 aromatic heterocycles. The molecule has 1 aliphatic heterocycles. The van der Waals surface area contributed by atoms with Gasteiger partial charge in [0.05, 0.1) is 19.7 Å². The Labute approximate surface area is 155 Å². The van der Waals surface area contributed by atoms with Crippen LogP contribution in [0.15, 0.2) is 11.6 Å². The molecule has 1 saturated heterocycles. The van der Waals surface area contributed by atoms with Gasteiger partial charge in [-0.3, -0.25) is 14.9 Å². The first kappa shape index (κ1) is 20.4. The molecule has 26 heavy (non-hydrogen) atoms. The molecule has 2 rings (SSSR count). The standard InChI is InChI=1S/C19H31N3O4/c1-2-26-18(24)16-9-6-12-22(13-16)14-17(23)21-19(25)20-11-10-15-7-4-3-5-8-15/h7,16H,2-6,8-14H2,1H3,(H2,20,21,23,25)/p+1/t16-/m0/s1. The summed E-state index contributed by atoms with van der Waals surface area (Å²) in [6.07, 6.45) is 9.51. The van der Waals surface area contributed by atoms with E-state index in [0.29, 0.717) is 19.7 Å². The van der Waals surface area contributed by atoms with Crippen LogP contribution in [0.4, 0.5) is 4.79 Å². The van der Waals surface area contributed by atoms with Crippen molar-refractivity contribution in [3.63, 3.8) is 0 Å². The molecule has 7 heteroatoms. The van der Waals surface area contributed by atoms with Crippen LogP contribution in [-0.2, 0) is 14.3 Å². The van der Waals surface area contributed by atoms with E-state index in [9.17, 15) is 14.4 Å². The van der Waals surface area contributed by atoms with Gasteiger partial charge in [-0.25, -0.2) is 4.79 Å². The van der Waals surface area contributed by atoms with Crippen LogP contribution in [0.1, 0.15) is 51.9 Å². The maximum Gasteiger partial charge on any atom is 0.321 e. The Morgan fingerprint density at radius 1 is 1.27 bits per heavy atom. The summed E-state index contributed by atoms with van der Waals surface area (Å²) in [5.41, 5.74) is 1.39. The minimum atomic E-state index is -0.440. The predicted octanol–water partition coefficient (Wildman–Crippen LogP) is 0.561. The summed E-state index contributed by atoms with van der Waals surface area (Å²) in [6, 6.07) is -0.440. The van der Waals surface area contributed by atoms with E-state index in [4.69, 9.17) is 4.74 Å². The second-order valence-corrected chi connectivity index (χ2v) is 7.13. The fourth-order valence-corrected chi connectivity index (χ4v) is 3.68. The van der Waals surface area contributed by atoms with Gasteiger partial charge in [0.2, 0.25) is 0 Å². The maximum atomic E-state index is 12.1. The predicted molar refractivity (Wildman–Crippen MR) is 97.6 cm³/mol. The maximum absolute atomic E-state index is 12.1. The van der Waals surface area contributed by atoms with E-state index in [1.54, 1.807) is 6.92 Å². The van der Waals surface area contributed by atoms with Crippen molar-refractivity contribution in [3.05, 3.63) is 11.6 Å². The van der Waals surface area contributed by atoms with Crippen LogP contribution in [0.25, 0.3) is 0 Å². The van der Waals surface area contributed by atoms with Crippen molar-refractivity contribution in [1.29, 1.82) is 0 Å². The number of hydrogen-bond acceptors (Lipinski definition) is 4. The number of rotatable bonds is 7. The lowest BCUT2D eigenvalue weighted by molar-refractivity contribution is -0.899. The Bertz CT molecular complexity index is 533. The van der Waals surface area contributed by atoms with Gasteiger partial charge in [0.1, 0.15) is 5.92 Å². The number of carbonyl (C=O) groups is 3. The number of imide groups is 1. The molecule has 3 N–H and O–H groups in total. The Morgan fingerprint density at radius 2 is 2.12 bits per heavy atom. The molecule has 0 radical (unpaired) electrons. The lowest BCUT2D eigenvalue weighted by Gasteiger charge is -2.28. The highest BCUT2D eigenvalue weighted by Crippen LogP contribution is 2.19. The van der Waals surface area contributed by atoms with Gasteiger partial charge in [-0.15, -0.1) is 0 Å². The highest BCUT2D eigenvalue weighted by molar-refractivity contribution is 5.94. The second-order valence-electron chi connectivity index (χ2n) is 7.13. The summed E-state index contributed by atoms with van der Waals surface area (Å²) >= 11 is 0. The number of allylic oxidation sites excluding steroid dienone is 1. The van der Waals surface area contributed by atoms with Crippen LogP contribution in [0.5, 0.6) is 0 Å². The fraction of sp³-hybridized carbons (Fsp3) is 0.737. The van der Waals surface area contributed by atoms with Crippen molar-refractivity contribution in [3.8, 4) is 0 Å². The number of likely N-dealkylation sites (tertiary alicyclic amines) is 1. The SMILES string of the molecule is CCOC(=O)[C@H]1CCC[NH+](CC(=O)NC(=O)NCCC2=CCCCC2)C1. The summed E-state index contributed by atoms with van der Waals surface area (Å²) in [5, 5.41) is 5.14. The molecule has 1 unspecified atom stereocenters. The van der Waals surface area contributed by atoms with Crippen molar-refractivity contribution in [2.24, 2.45) is 5.92 Å². The molecule has 0 saturated carbocycles. The molecule has 2 aliphatic rings. The number of urea groups is 1. The van der Waals surface area contributed by atoms with E-state index in [1.165, 1.54) is 18.4 Å². The van der Waals surface area contributed by atoms with Gasteiger partial charge in [0.25, 0.3) is 5.91 Å². The zero-order valence-corrected chi connectivity index (χ0v) is 15.8. The topological polar surface area (TPSA) is 88.9 Å². The number of carbonyl (C=O) groups excluding carboxylic acids is 3. The van der Waals surface area contributed by atoms with Crippen molar-refractivity contribution in [1.82, 2.24) is 10.6 Å². The lowest BCUT2D eigenvalue weighted by atomic mass is 9.97. The largest absolute Gasteiger partial charge is 0.466 e. The monoisotopic (exact) mass is 366 g/mol. The Hall–Kier alpha value is -1.89. The number of ether oxygens (including phenoxy) is 1. The first-order valence-electron chi connectivity index (χ1n) is 9.84. The van der Waals surface area contributed by atoms with E-state index >= 15 is 0 Å². The van der Waals surface area contributed by atoms with Gasteiger partial charge in [-0.2, -0.15) is 0 Å². The van der Waals surface area contributed by atoms with Gasteiger partial charge in [-0.1, -0.05) is 11.6 Å². The van der Waals surface area contributed by atoms with Crippen molar-refractivity contribution in [2.45, 2.75) is 51.9 Å². The normalized spacial score (nSPS) is 22.9. The van der Waals surface area contributed by atoms with Gasteiger partial charge < -0.3 is 15.0 Å². The van der Waals surface area contributed by atoms with Gasteiger partial charge >= 0.3 is 12.0 Å².